The molecular weight excluding hydrogens is 316 g/mol. The molecule has 1 atom stereocenters. The Hall–Kier alpha value is -1.24. The van der Waals surface area contributed by atoms with Gasteiger partial charge in [-0.05, 0) is 36.5 Å². The minimum atomic E-state index is -4.27. The number of amidine groups is 1. The predicted molar refractivity (Wildman–Crippen MR) is 81.1 cm³/mol. The summed E-state index contributed by atoms with van der Waals surface area (Å²) in [6.07, 6.45) is -3.39. The topological polar surface area (TPSA) is 38.4 Å². The number of hydrogen-bond donors (Lipinski definition) is 1. The van der Waals surface area contributed by atoms with Crippen LogP contribution in [-0.2, 0) is 0 Å². The maximum absolute atomic E-state index is 13.9. The Morgan fingerprint density at radius 2 is 2.00 bits per heavy atom. The lowest BCUT2D eigenvalue weighted by Crippen LogP contribution is -2.17. The van der Waals surface area contributed by atoms with Crippen LogP contribution in [0.4, 0.5) is 23.2 Å². The minimum absolute atomic E-state index is 0.00419. The van der Waals surface area contributed by atoms with Gasteiger partial charge in [0.1, 0.15) is 17.3 Å². The summed E-state index contributed by atoms with van der Waals surface area (Å²) in [7, 11) is 0. The quantitative estimate of drug-likeness (QED) is 0.371. The molecule has 1 aromatic rings. The van der Waals surface area contributed by atoms with Crippen molar-refractivity contribution in [3.8, 4) is 0 Å². The zero-order chi connectivity index (χ0) is 16.7. The summed E-state index contributed by atoms with van der Waals surface area (Å²) in [6.45, 7) is 5.65. The Labute approximate surface area is 131 Å². The molecule has 2 rings (SSSR count). The molecule has 1 fully saturated rings. The number of halogens is 4. The molecular formula is C15H18F4N2S. The van der Waals surface area contributed by atoms with Gasteiger partial charge < -0.3 is 5.73 Å². The van der Waals surface area contributed by atoms with Gasteiger partial charge in [-0.3, -0.25) is 0 Å². The van der Waals surface area contributed by atoms with Crippen LogP contribution in [0.3, 0.4) is 0 Å². The van der Waals surface area contributed by atoms with E-state index in [0.29, 0.717) is 28.1 Å². The Morgan fingerprint density at radius 3 is 2.50 bits per heavy atom. The number of aryl methyl sites for hydroxylation is 1. The number of nitrogens with zero attached hydrogens (tertiary/aromatic N) is 1. The van der Waals surface area contributed by atoms with Gasteiger partial charge in [-0.25, -0.2) is 9.38 Å². The van der Waals surface area contributed by atoms with Gasteiger partial charge in [0.05, 0.1) is 5.75 Å². The van der Waals surface area contributed by atoms with Crippen LogP contribution < -0.4 is 5.73 Å². The van der Waals surface area contributed by atoms with E-state index in [0.717, 1.165) is 6.42 Å². The molecule has 1 aromatic carbocycles. The number of aliphatic imine (C=N–C) groups is 1. The minimum Gasteiger partial charge on any atom is -0.387 e. The SMILES string of the molecule is Cc1cc(F)c(N=C(N)C2CC2(C)C)cc1SCC(F)(F)F. The second-order valence-corrected chi connectivity index (χ2v) is 7.27. The zero-order valence-corrected chi connectivity index (χ0v) is 13.4. The monoisotopic (exact) mass is 334 g/mol. The number of alkyl halides is 3. The van der Waals surface area contributed by atoms with E-state index in [4.69, 9.17) is 5.73 Å². The van der Waals surface area contributed by atoms with Crippen LogP contribution in [0.2, 0.25) is 0 Å². The van der Waals surface area contributed by atoms with E-state index in [1.807, 2.05) is 13.8 Å². The van der Waals surface area contributed by atoms with Crippen molar-refractivity contribution in [2.45, 2.75) is 38.3 Å². The first-order valence-corrected chi connectivity index (χ1v) is 7.82. The summed E-state index contributed by atoms with van der Waals surface area (Å²) in [5, 5.41) is 0. The Balaban J connectivity index is 2.23. The molecule has 22 heavy (non-hydrogen) atoms. The van der Waals surface area contributed by atoms with E-state index in [1.165, 1.54) is 12.1 Å². The average Bonchev–Trinajstić information content (AvgIpc) is 2.99. The van der Waals surface area contributed by atoms with Crippen LogP contribution in [0.1, 0.15) is 25.8 Å². The van der Waals surface area contributed by atoms with Crippen LogP contribution in [0, 0.1) is 24.1 Å². The van der Waals surface area contributed by atoms with Crippen molar-refractivity contribution in [1.29, 1.82) is 0 Å². The lowest BCUT2D eigenvalue weighted by atomic mass is 10.1. The third-order valence-corrected chi connectivity index (χ3v) is 4.98. The first-order valence-electron chi connectivity index (χ1n) is 6.83. The van der Waals surface area contributed by atoms with Gasteiger partial charge in [0.15, 0.2) is 0 Å². The van der Waals surface area contributed by atoms with E-state index >= 15 is 0 Å². The molecule has 0 radical (unpaired) electrons. The van der Waals surface area contributed by atoms with Crippen molar-refractivity contribution >= 4 is 23.3 Å². The van der Waals surface area contributed by atoms with Gasteiger partial charge in [-0.15, -0.1) is 11.8 Å². The highest BCUT2D eigenvalue weighted by molar-refractivity contribution is 7.99. The van der Waals surface area contributed by atoms with Gasteiger partial charge in [-0.2, -0.15) is 13.2 Å². The molecule has 1 aliphatic carbocycles. The molecule has 0 aliphatic heterocycles. The molecule has 1 aliphatic rings. The number of rotatable bonds is 4. The van der Waals surface area contributed by atoms with Gasteiger partial charge >= 0.3 is 6.18 Å². The van der Waals surface area contributed by atoms with E-state index < -0.39 is 17.7 Å². The first-order chi connectivity index (χ1) is 9.99. The molecule has 1 unspecified atom stereocenters. The molecule has 2 N–H and O–H groups in total. The van der Waals surface area contributed by atoms with Crippen molar-refractivity contribution in [2.24, 2.45) is 22.1 Å². The maximum Gasteiger partial charge on any atom is 0.398 e. The Bertz CT molecular complexity index is 608. The van der Waals surface area contributed by atoms with Crippen molar-refractivity contribution < 1.29 is 17.6 Å². The fraction of sp³-hybridized carbons (Fsp3) is 0.533. The van der Waals surface area contributed by atoms with E-state index in [1.54, 1.807) is 6.92 Å². The summed E-state index contributed by atoms with van der Waals surface area (Å²) in [5.41, 5.74) is 6.39. The van der Waals surface area contributed by atoms with Gasteiger partial charge in [0.25, 0.3) is 0 Å². The second kappa shape index (κ2) is 5.76. The first kappa shape index (κ1) is 17.1. The molecule has 0 heterocycles. The average molecular weight is 334 g/mol. The fourth-order valence-electron chi connectivity index (χ4n) is 2.23. The number of benzene rings is 1. The predicted octanol–water partition coefficient (Wildman–Crippen LogP) is 4.82. The summed E-state index contributed by atoms with van der Waals surface area (Å²) >= 11 is 0.626. The van der Waals surface area contributed by atoms with Crippen molar-refractivity contribution in [2.75, 3.05) is 5.75 Å². The fourth-order valence-corrected chi connectivity index (χ4v) is 3.03. The van der Waals surface area contributed by atoms with Crippen molar-refractivity contribution in [3.05, 3.63) is 23.5 Å². The largest absolute Gasteiger partial charge is 0.398 e. The molecule has 0 bridgehead atoms. The standard InChI is InChI=1S/C15H18F4N2S/c1-8-4-10(16)11(5-12(8)22-7-15(17,18)19)21-13(20)9-6-14(9,2)3/h4-5,9H,6-7H2,1-3H3,(H2,20,21). The zero-order valence-electron chi connectivity index (χ0n) is 12.6. The third kappa shape index (κ3) is 4.15. The number of nitrogens with two attached hydrogens (primary N) is 1. The molecule has 122 valence electrons. The highest BCUT2D eigenvalue weighted by Crippen LogP contribution is 2.52. The Morgan fingerprint density at radius 1 is 1.41 bits per heavy atom. The molecule has 2 nitrogen and oxygen atoms in total. The summed E-state index contributed by atoms with van der Waals surface area (Å²) < 4.78 is 50.9. The van der Waals surface area contributed by atoms with Crippen LogP contribution in [0.15, 0.2) is 22.0 Å². The van der Waals surface area contributed by atoms with Gasteiger partial charge in [-0.1, -0.05) is 13.8 Å². The van der Waals surface area contributed by atoms with Crippen LogP contribution in [0.5, 0.6) is 0 Å². The summed E-state index contributed by atoms with van der Waals surface area (Å²) in [4.78, 5) is 4.45. The third-order valence-electron chi connectivity index (χ3n) is 3.76. The van der Waals surface area contributed by atoms with E-state index in [2.05, 4.69) is 4.99 Å². The van der Waals surface area contributed by atoms with Crippen LogP contribution >= 0.6 is 11.8 Å². The highest BCUT2D eigenvalue weighted by atomic mass is 32.2. The molecule has 0 saturated heterocycles. The van der Waals surface area contributed by atoms with Crippen molar-refractivity contribution in [1.82, 2.24) is 0 Å². The summed E-state index contributed by atoms with van der Waals surface area (Å²) in [5.74, 6) is -1.16. The molecule has 0 aromatic heterocycles. The van der Waals surface area contributed by atoms with Gasteiger partial charge in [0, 0.05) is 10.8 Å². The number of hydrogen-bond acceptors (Lipinski definition) is 2. The molecule has 0 amide bonds. The molecule has 0 spiro atoms. The maximum atomic E-state index is 13.9. The summed E-state index contributed by atoms with van der Waals surface area (Å²) in [6, 6.07) is 2.53. The lowest BCUT2D eigenvalue weighted by Gasteiger charge is -2.10. The lowest BCUT2D eigenvalue weighted by molar-refractivity contribution is -0.105. The normalized spacial score (nSPS) is 21.0. The van der Waals surface area contributed by atoms with E-state index in [9.17, 15) is 17.6 Å². The molecule has 7 heteroatoms. The van der Waals surface area contributed by atoms with E-state index in [-0.39, 0.29) is 17.0 Å². The van der Waals surface area contributed by atoms with Gasteiger partial charge in [0.2, 0.25) is 0 Å². The molecule has 1 saturated carbocycles. The van der Waals surface area contributed by atoms with Crippen LogP contribution in [0.25, 0.3) is 0 Å². The number of thioether (sulfide) groups is 1. The highest BCUT2D eigenvalue weighted by Gasteiger charge is 2.48. The van der Waals surface area contributed by atoms with Crippen LogP contribution in [-0.4, -0.2) is 17.8 Å². The second-order valence-electron chi connectivity index (χ2n) is 6.25. The smallest absolute Gasteiger partial charge is 0.387 e. The Kier molecular flexibility index (Phi) is 4.48. The van der Waals surface area contributed by atoms with Crippen molar-refractivity contribution in [3.63, 3.8) is 0 Å².